The van der Waals surface area contributed by atoms with Crippen molar-refractivity contribution in [2.24, 2.45) is 12.8 Å². The first-order valence-electron chi connectivity index (χ1n) is 4.28. The van der Waals surface area contributed by atoms with E-state index in [9.17, 15) is 0 Å². The number of aryl methyl sites for hydroxylation is 1. The van der Waals surface area contributed by atoms with Crippen molar-refractivity contribution in [1.82, 2.24) is 14.5 Å². The molecule has 0 radical (unpaired) electrons. The Morgan fingerprint density at radius 1 is 1.46 bits per heavy atom. The molecule has 0 fully saturated rings. The summed E-state index contributed by atoms with van der Waals surface area (Å²) in [5.74, 6) is 0. The van der Waals surface area contributed by atoms with Crippen molar-refractivity contribution in [3.8, 4) is 0 Å². The summed E-state index contributed by atoms with van der Waals surface area (Å²) in [7, 11) is 1.97. The third kappa shape index (κ3) is 1.29. The van der Waals surface area contributed by atoms with E-state index in [1.807, 2.05) is 17.7 Å². The van der Waals surface area contributed by atoms with Gasteiger partial charge in [-0.3, -0.25) is 4.98 Å². The van der Waals surface area contributed by atoms with E-state index in [2.05, 4.69) is 9.97 Å². The average molecular weight is 176 g/mol. The van der Waals surface area contributed by atoms with Crippen LogP contribution >= 0.6 is 0 Å². The molecule has 2 aromatic heterocycles. The van der Waals surface area contributed by atoms with E-state index in [0.717, 1.165) is 23.1 Å². The lowest BCUT2D eigenvalue weighted by Gasteiger charge is -2.01. The van der Waals surface area contributed by atoms with Gasteiger partial charge in [0.05, 0.1) is 23.1 Å². The number of hydrogen-bond donors (Lipinski definition) is 1. The highest BCUT2D eigenvalue weighted by molar-refractivity contribution is 5.77. The molecule has 0 aliphatic carbocycles. The molecule has 4 heteroatoms. The SMILES string of the molecule is Cn1cnc2ccnc(CCN)c21. The monoisotopic (exact) mass is 176 g/mol. The molecule has 2 rings (SSSR count). The molecular formula is C9H12N4. The van der Waals surface area contributed by atoms with Gasteiger partial charge in [0.2, 0.25) is 0 Å². The zero-order chi connectivity index (χ0) is 9.26. The molecular weight excluding hydrogens is 164 g/mol. The largest absolute Gasteiger partial charge is 0.332 e. The molecule has 0 atom stereocenters. The normalized spacial score (nSPS) is 10.9. The standard InChI is InChI=1S/C9H12N4/c1-13-6-12-8-3-5-11-7(2-4-10)9(8)13/h3,5-6H,2,4,10H2,1H3. The van der Waals surface area contributed by atoms with Crippen LogP contribution in [0, 0.1) is 0 Å². The second-order valence-electron chi connectivity index (χ2n) is 3.02. The zero-order valence-corrected chi connectivity index (χ0v) is 7.57. The summed E-state index contributed by atoms with van der Waals surface area (Å²) in [5, 5.41) is 0. The Labute approximate surface area is 76.4 Å². The van der Waals surface area contributed by atoms with Crippen molar-refractivity contribution in [3.63, 3.8) is 0 Å². The number of rotatable bonds is 2. The highest BCUT2D eigenvalue weighted by Crippen LogP contribution is 2.14. The minimum Gasteiger partial charge on any atom is -0.332 e. The van der Waals surface area contributed by atoms with Crippen molar-refractivity contribution >= 4 is 11.0 Å². The van der Waals surface area contributed by atoms with Crippen molar-refractivity contribution in [3.05, 3.63) is 24.3 Å². The molecule has 0 unspecified atom stereocenters. The molecule has 13 heavy (non-hydrogen) atoms. The third-order valence-electron chi connectivity index (χ3n) is 2.08. The molecule has 0 amide bonds. The number of fused-ring (bicyclic) bond motifs is 1. The minimum absolute atomic E-state index is 0.622. The van der Waals surface area contributed by atoms with Crippen LogP contribution in [-0.4, -0.2) is 21.1 Å². The van der Waals surface area contributed by atoms with Crippen LogP contribution in [0.3, 0.4) is 0 Å². The van der Waals surface area contributed by atoms with Crippen LogP contribution in [0.4, 0.5) is 0 Å². The van der Waals surface area contributed by atoms with E-state index >= 15 is 0 Å². The van der Waals surface area contributed by atoms with Crippen molar-refractivity contribution < 1.29 is 0 Å². The van der Waals surface area contributed by atoms with E-state index in [1.54, 1.807) is 12.5 Å². The van der Waals surface area contributed by atoms with E-state index in [4.69, 9.17) is 5.73 Å². The van der Waals surface area contributed by atoms with Crippen LogP contribution < -0.4 is 5.73 Å². The molecule has 0 saturated heterocycles. The molecule has 0 aliphatic rings. The number of pyridine rings is 1. The molecule has 0 aromatic carbocycles. The zero-order valence-electron chi connectivity index (χ0n) is 7.57. The van der Waals surface area contributed by atoms with Gasteiger partial charge in [0.15, 0.2) is 0 Å². The maximum absolute atomic E-state index is 5.50. The van der Waals surface area contributed by atoms with Crippen LogP contribution in [0.25, 0.3) is 11.0 Å². The van der Waals surface area contributed by atoms with Gasteiger partial charge >= 0.3 is 0 Å². The second-order valence-corrected chi connectivity index (χ2v) is 3.02. The van der Waals surface area contributed by atoms with Crippen LogP contribution in [0.15, 0.2) is 18.6 Å². The smallest absolute Gasteiger partial charge is 0.0956 e. The first-order valence-corrected chi connectivity index (χ1v) is 4.28. The molecule has 2 N–H and O–H groups in total. The summed E-state index contributed by atoms with van der Waals surface area (Å²) in [4.78, 5) is 8.53. The minimum atomic E-state index is 0.622. The Morgan fingerprint density at radius 2 is 2.31 bits per heavy atom. The predicted molar refractivity (Wildman–Crippen MR) is 51.3 cm³/mol. The Morgan fingerprint density at radius 3 is 3.08 bits per heavy atom. The topological polar surface area (TPSA) is 56.7 Å². The number of nitrogens with zero attached hydrogens (tertiary/aromatic N) is 3. The summed E-state index contributed by atoms with van der Waals surface area (Å²) in [6.07, 6.45) is 4.38. The van der Waals surface area contributed by atoms with Crippen LogP contribution in [0.5, 0.6) is 0 Å². The van der Waals surface area contributed by atoms with Gasteiger partial charge in [0.25, 0.3) is 0 Å². The quantitative estimate of drug-likeness (QED) is 0.723. The fourth-order valence-electron chi connectivity index (χ4n) is 1.50. The molecule has 4 nitrogen and oxygen atoms in total. The van der Waals surface area contributed by atoms with Gasteiger partial charge in [-0.2, -0.15) is 0 Å². The first kappa shape index (κ1) is 8.19. The number of nitrogens with two attached hydrogens (primary N) is 1. The van der Waals surface area contributed by atoms with Crippen LogP contribution in [0.1, 0.15) is 5.69 Å². The maximum Gasteiger partial charge on any atom is 0.0956 e. The Kier molecular flexibility index (Phi) is 1.98. The molecule has 0 bridgehead atoms. The third-order valence-corrected chi connectivity index (χ3v) is 2.08. The summed E-state index contributed by atoms with van der Waals surface area (Å²) < 4.78 is 1.98. The van der Waals surface area contributed by atoms with Gasteiger partial charge in [-0.05, 0) is 12.6 Å². The second kappa shape index (κ2) is 3.14. The lowest BCUT2D eigenvalue weighted by molar-refractivity contribution is 0.894. The molecule has 2 heterocycles. The number of aromatic nitrogens is 3. The van der Waals surface area contributed by atoms with E-state index < -0.39 is 0 Å². The van der Waals surface area contributed by atoms with Crippen LogP contribution in [-0.2, 0) is 13.5 Å². The molecule has 0 aliphatic heterocycles. The summed E-state index contributed by atoms with van der Waals surface area (Å²) in [6.45, 7) is 0.622. The summed E-state index contributed by atoms with van der Waals surface area (Å²) in [5.41, 5.74) is 8.61. The van der Waals surface area contributed by atoms with Gasteiger partial charge in [-0.1, -0.05) is 0 Å². The molecule has 0 spiro atoms. The number of imidazole rings is 1. The van der Waals surface area contributed by atoms with Gasteiger partial charge in [0.1, 0.15) is 0 Å². The van der Waals surface area contributed by atoms with Gasteiger partial charge in [-0.25, -0.2) is 4.98 Å². The Bertz CT molecular complexity index is 418. The number of hydrogen-bond acceptors (Lipinski definition) is 3. The van der Waals surface area contributed by atoms with Gasteiger partial charge < -0.3 is 10.3 Å². The first-order chi connectivity index (χ1) is 6.33. The van der Waals surface area contributed by atoms with E-state index in [-0.39, 0.29) is 0 Å². The molecule has 68 valence electrons. The molecule has 2 aromatic rings. The average Bonchev–Trinajstić information content (AvgIpc) is 2.50. The highest BCUT2D eigenvalue weighted by Gasteiger charge is 2.05. The Balaban J connectivity index is 2.65. The van der Waals surface area contributed by atoms with Crippen molar-refractivity contribution in [2.75, 3.05) is 6.54 Å². The lowest BCUT2D eigenvalue weighted by Crippen LogP contribution is -2.05. The Hall–Kier alpha value is -1.42. The fourth-order valence-corrected chi connectivity index (χ4v) is 1.50. The van der Waals surface area contributed by atoms with Gasteiger partial charge in [0, 0.05) is 19.7 Å². The van der Waals surface area contributed by atoms with Crippen molar-refractivity contribution in [2.45, 2.75) is 6.42 Å². The van der Waals surface area contributed by atoms with Crippen LogP contribution in [0.2, 0.25) is 0 Å². The summed E-state index contributed by atoms with van der Waals surface area (Å²) in [6, 6.07) is 1.91. The lowest BCUT2D eigenvalue weighted by atomic mass is 10.2. The fraction of sp³-hybridized carbons (Fsp3) is 0.333. The van der Waals surface area contributed by atoms with E-state index in [0.29, 0.717) is 6.54 Å². The van der Waals surface area contributed by atoms with E-state index in [1.165, 1.54) is 0 Å². The highest BCUT2D eigenvalue weighted by atomic mass is 15.0. The molecule has 0 saturated carbocycles. The maximum atomic E-state index is 5.50. The van der Waals surface area contributed by atoms with Gasteiger partial charge in [-0.15, -0.1) is 0 Å². The van der Waals surface area contributed by atoms with Crippen molar-refractivity contribution in [1.29, 1.82) is 0 Å². The predicted octanol–water partition coefficient (Wildman–Crippen LogP) is 0.470. The summed E-state index contributed by atoms with van der Waals surface area (Å²) >= 11 is 0.